The number of carbonyl (C=O) groups is 1. The van der Waals surface area contributed by atoms with E-state index in [1.54, 1.807) is 18.8 Å². The van der Waals surface area contributed by atoms with Gasteiger partial charge in [-0.25, -0.2) is 0 Å². The molecule has 0 fully saturated rings. The van der Waals surface area contributed by atoms with E-state index in [0.717, 1.165) is 22.6 Å². The van der Waals surface area contributed by atoms with Gasteiger partial charge in [-0.2, -0.15) is 13.2 Å². The number of likely N-dealkylation sites (N-methyl/N-ethyl adjacent to an activating group) is 1. The Morgan fingerprint density at radius 3 is 2.44 bits per heavy atom. The first-order chi connectivity index (χ1) is 11.8. The fourth-order valence-electron chi connectivity index (χ4n) is 2.20. The Kier molecular flexibility index (Phi) is 6.31. The molecule has 0 saturated carbocycles. The zero-order valence-electron chi connectivity index (χ0n) is 13.9. The number of hydrogen-bond acceptors (Lipinski definition) is 2. The third-order valence-electron chi connectivity index (χ3n) is 3.59. The van der Waals surface area contributed by atoms with Crippen LogP contribution in [0.3, 0.4) is 0 Å². The normalized spacial score (nSPS) is 11.7. The molecule has 0 aliphatic rings. The van der Waals surface area contributed by atoms with Crippen molar-refractivity contribution in [2.24, 2.45) is 0 Å². The average Bonchev–Trinajstić information content (AvgIpc) is 2.59. The van der Waals surface area contributed by atoms with E-state index in [2.05, 4.69) is 0 Å². The molecule has 0 spiro atoms. The SMILES string of the molecule is CSc1ccc(CN(C)C(=O)/C=C/c2cccc(C(F)(F)F)c2)cc1. The van der Waals surface area contributed by atoms with Gasteiger partial charge in [-0.1, -0.05) is 24.3 Å². The van der Waals surface area contributed by atoms with Crippen molar-refractivity contribution in [3.63, 3.8) is 0 Å². The highest BCUT2D eigenvalue weighted by Gasteiger charge is 2.30. The van der Waals surface area contributed by atoms with Crippen LogP contribution in [0.15, 0.2) is 59.5 Å². The second kappa shape index (κ2) is 8.25. The first kappa shape index (κ1) is 19.1. The minimum Gasteiger partial charge on any atom is -0.338 e. The molecule has 2 aromatic carbocycles. The molecule has 0 aliphatic heterocycles. The van der Waals surface area contributed by atoms with Gasteiger partial charge in [-0.15, -0.1) is 11.8 Å². The number of amides is 1. The smallest absolute Gasteiger partial charge is 0.338 e. The highest BCUT2D eigenvalue weighted by molar-refractivity contribution is 7.98. The van der Waals surface area contributed by atoms with Gasteiger partial charge < -0.3 is 4.90 Å². The van der Waals surface area contributed by atoms with Crippen molar-refractivity contribution >= 4 is 23.7 Å². The molecule has 0 bridgehead atoms. The van der Waals surface area contributed by atoms with Crippen LogP contribution < -0.4 is 0 Å². The maximum Gasteiger partial charge on any atom is 0.416 e. The molecular formula is C19H18F3NOS. The van der Waals surface area contributed by atoms with Gasteiger partial charge in [0.15, 0.2) is 0 Å². The van der Waals surface area contributed by atoms with Crippen LogP contribution in [0.25, 0.3) is 6.08 Å². The number of halogens is 3. The highest BCUT2D eigenvalue weighted by atomic mass is 32.2. The first-order valence-corrected chi connectivity index (χ1v) is 8.75. The second-order valence-electron chi connectivity index (χ2n) is 5.50. The average molecular weight is 365 g/mol. The van der Waals surface area contributed by atoms with E-state index in [4.69, 9.17) is 0 Å². The molecule has 0 heterocycles. The Balaban J connectivity index is 2.01. The maximum absolute atomic E-state index is 12.7. The summed E-state index contributed by atoms with van der Waals surface area (Å²) in [5, 5.41) is 0. The highest BCUT2D eigenvalue weighted by Crippen LogP contribution is 2.29. The Bertz CT molecular complexity index is 754. The van der Waals surface area contributed by atoms with Crippen LogP contribution in [0.1, 0.15) is 16.7 Å². The van der Waals surface area contributed by atoms with Gasteiger partial charge in [-0.05, 0) is 47.7 Å². The number of rotatable bonds is 5. The summed E-state index contributed by atoms with van der Waals surface area (Å²) in [4.78, 5) is 14.8. The van der Waals surface area contributed by atoms with E-state index in [1.807, 2.05) is 30.5 Å². The minimum absolute atomic E-state index is 0.272. The predicted octanol–water partition coefficient (Wildman–Crippen LogP) is 5.10. The molecule has 1 amide bonds. The summed E-state index contributed by atoms with van der Waals surface area (Å²) in [6, 6.07) is 12.7. The lowest BCUT2D eigenvalue weighted by Gasteiger charge is -2.15. The molecule has 0 unspecified atom stereocenters. The molecule has 2 aromatic rings. The Hall–Kier alpha value is -2.21. The summed E-state index contributed by atoms with van der Waals surface area (Å²) < 4.78 is 38.1. The van der Waals surface area contributed by atoms with E-state index in [9.17, 15) is 18.0 Å². The van der Waals surface area contributed by atoms with Gasteiger partial charge in [0.25, 0.3) is 0 Å². The summed E-state index contributed by atoms with van der Waals surface area (Å²) in [7, 11) is 1.65. The molecule has 0 radical (unpaired) electrons. The third kappa shape index (κ3) is 5.67. The monoisotopic (exact) mass is 365 g/mol. The fraction of sp³-hybridized carbons (Fsp3) is 0.211. The van der Waals surface area contributed by atoms with Crippen LogP contribution in [0.4, 0.5) is 13.2 Å². The molecule has 0 aromatic heterocycles. The van der Waals surface area contributed by atoms with Gasteiger partial charge in [-0.3, -0.25) is 4.79 Å². The molecule has 2 rings (SSSR count). The zero-order chi connectivity index (χ0) is 18.4. The van der Waals surface area contributed by atoms with Crippen LogP contribution in [0, 0.1) is 0 Å². The third-order valence-corrected chi connectivity index (χ3v) is 4.33. The van der Waals surface area contributed by atoms with Crippen LogP contribution in [0.5, 0.6) is 0 Å². The summed E-state index contributed by atoms with van der Waals surface area (Å²) >= 11 is 1.64. The number of thioether (sulfide) groups is 1. The standard InChI is InChI=1S/C19H18F3NOS/c1-23(13-15-6-9-17(25-2)10-7-15)18(24)11-8-14-4-3-5-16(12-14)19(20,21)22/h3-12H,13H2,1-2H3/b11-8+. The van der Waals surface area contributed by atoms with E-state index >= 15 is 0 Å². The summed E-state index contributed by atoms with van der Waals surface area (Å²) in [5.74, 6) is -0.272. The van der Waals surface area contributed by atoms with E-state index in [-0.39, 0.29) is 5.91 Å². The first-order valence-electron chi connectivity index (χ1n) is 7.53. The molecule has 0 aliphatic carbocycles. The number of alkyl halides is 3. The summed E-state index contributed by atoms with van der Waals surface area (Å²) in [6.07, 6.45) is 0.271. The quantitative estimate of drug-likeness (QED) is 0.543. The van der Waals surface area contributed by atoms with Crippen molar-refractivity contribution < 1.29 is 18.0 Å². The van der Waals surface area contributed by atoms with Gasteiger partial charge >= 0.3 is 6.18 Å². The fourth-order valence-corrected chi connectivity index (χ4v) is 2.60. The molecule has 6 heteroatoms. The lowest BCUT2D eigenvalue weighted by Crippen LogP contribution is -2.24. The van der Waals surface area contributed by atoms with E-state index < -0.39 is 11.7 Å². The number of benzene rings is 2. The Labute approximate surface area is 149 Å². The maximum atomic E-state index is 12.7. The van der Waals surface area contributed by atoms with Crippen molar-refractivity contribution in [3.05, 3.63) is 71.3 Å². The predicted molar refractivity (Wildman–Crippen MR) is 95.2 cm³/mol. The van der Waals surface area contributed by atoms with E-state index in [0.29, 0.717) is 12.1 Å². The van der Waals surface area contributed by atoms with Crippen molar-refractivity contribution in [1.82, 2.24) is 4.90 Å². The van der Waals surface area contributed by atoms with Gasteiger partial charge in [0, 0.05) is 24.6 Å². The minimum atomic E-state index is -4.40. The lowest BCUT2D eigenvalue weighted by molar-refractivity contribution is -0.137. The van der Waals surface area contributed by atoms with Crippen LogP contribution >= 0.6 is 11.8 Å². The molecule has 2 nitrogen and oxygen atoms in total. The lowest BCUT2D eigenvalue weighted by atomic mass is 10.1. The molecule has 0 saturated heterocycles. The van der Waals surface area contributed by atoms with Gasteiger partial charge in [0.2, 0.25) is 5.91 Å². The molecule has 132 valence electrons. The zero-order valence-corrected chi connectivity index (χ0v) is 14.7. The topological polar surface area (TPSA) is 20.3 Å². The molecule has 0 N–H and O–H groups in total. The Morgan fingerprint density at radius 2 is 1.84 bits per heavy atom. The van der Waals surface area contributed by atoms with Gasteiger partial charge in [0.1, 0.15) is 0 Å². The van der Waals surface area contributed by atoms with Crippen molar-refractivity contribution in [2.75, 3.05) is 13.3 Å². The molecule has 25 heavy (non-hydrogen) atoms. The van der Waals surface area contributed by atoms with Crippen LogP contribution in [-0.4, -0.2) is 24.1 Å². The molecule has 0 atom stereocenters. The van der Waals surface area contributed by atoms with Crippen LogP contribution in [-0.2, 0) is 17.5 Å². The number of nitrogens with zero attached hydrogens (tertiary/aromatic N) is 1. The van der Waals surface area contributed by atoms with Crippen LogP contribution in [0.2, 0.25) is 0 Å². The molecular weight excluding hydrogens is 347 g/mol. The Morgan fingerprint density at radius 1 is 1.16 bits per heavy atom. The largest absolute Gasteiger partial charge is 0.416 e. The number of hydrogen-bond donors (Lipinski definition) is 0. The van der Waals surface area contributed by atoms with Crippen molar-refractivity contribution in [3.8, 4) is 0 Å². The second-order valence-corrected chi connectivity index (χ2v) is 6.38. The van der Waals surface area contributed by atoms with E-state index in [1.165, 1.54) is 29.2 Å². The summed E-state index contributed by atoms with van der Waals surface area (Å²) in [5.41, 5.74) is 0.589. The number of carbonyl (C=O) groups excluding carboxylic acids is 1. The van der Waals surface area contributed by atoms with Crippen molar-refractivity contribution in [2.45, 2.75) is 17.6 Å². The van der Waals surface area contributed by atoms with Crippen molar-refractivity contribution in [1.29, 1.82) is 0 Å². The summed E-state index contributed by atoms with van der Waals surface area (Å²) in [6.45, 7) is 0.431. The van der Waals surface area contributed by atoms with Gasteiger partial charge in [0.05, 0.1) is 5.56 Å².